The number of hydrogen-bond donors (Lipinski definition) is 0. The van der Waals surface area contributed by atoms with Crippen LogP contribution >= 0.6 is 7.55 Å². The molecular weight excluding hydrogens is 227 g/mol. The summed E-state index contributed by atoms with van der Waals surface area (Å²) in [5.74, 6) is 0. The first-order chi connectivity index (χ1) is 8.24. The van der Waals surface area contributed by atoms with Crippen LogP contribution in [-0.2, 0) is 4.79 Å². The molecule has 0 aliphatic carbocycles. The zero-order chi connectivity index (χ0) is 12.3. The lowest BCUT2D eigenvalue weighted by Gasteiger charge is -1.99. The maximum absolute atomic E-state index is 11.3. The van der Waals surface area contributed by atoms with Crippen molar-refractivity contribution in [2.24, 2.45) is 0 Å². The molecule has 0 aliphatic rings. The third-order valence-electron chi connectivity index (χ3n) is 2.80. The molecule has 1 nitrogen and oxygen atoms in total. The summed E-state index contributed by atoms with van der Waals surface area (Å²) in [5.41, 5.74) is 4.55. The SMILES string of the molecule is Cc1ccccc1[P+](=C=O)c1ccccc1C. The van der Waals surface area contributed by atoms with Crippen molar-refractivity contribution in [2.45, 2.75) is 13.8 Å². The molecule has 0 fully saturated rings. The lowest BCUT2D eigenvalue weighted by atomic mass is 10.2. The molecule has 2 aromatic carbocycles. The van der Waals surface area contributed by atoms with Crippen LogP contribution in [0.5, 0.6) is 0 Å². The molecule has 0 saturated heterocycles. The Hall–Kier alpha value is -1.68. The van der Waals surface area contributed by atoms with E-state index in [4.69, 9.17) is 0 Å². The zero-order valence-corrected chi connectivity index (χ0v) is 10.9. The topological polar surface area (TPSA) is 17.1 Å². The lowest BCUT2D eigenvalue weighted by molar-refractivity contribution is 0.572. The molecule has 0 aliphatic heterocycles. The Morgan fingerprint density at radius 3 is 1.59 bits per heavy atom. The highest BCUT2D eigenvalue weighted by Crippen LogP contribution is 2.23. The van der Waals surface area contributed by atoms with Gasteiger partial charge < -0.3 is 0 Å². The third-order valence-corrected chi connectivity index (χ3v) is 4.95. The largest absolute Gasteiger partial charge is 0.343 e. The molecule has 2 heteroatoms. The molecule has 0 atom stereocenters. The Balaban J connectivity index is 2.62. The number of aryl methyl sites for hydroxylation is 2. The van der Waals surface area contributed by atoms with E-state index in [0.717, 1.165) is 21.7 Å². The lowest BCUT2D eigenvalue weighted by Crippen LogP contribution is -2.12. The fraction of sp³-hybridized carbons (Fsp3) is 0.133. The summed E-state index contributed by atoms with van der Waals surface area (Å²) in [6.45, 7) is 4.08. The first-order valence-corrected chi connectivity index (χ1v) is 6.87. The van der Waals surface area contributed by atoms with E-state index in [9.17, 15) is 4.79 Å². The molecule has 0 N–H and O–H groups in total. The second-order valence-corrected chi connectivity index (χ2v) is 5.82. The van der Waals surface area contributed by atoms with E-state index in [2.05, 4.69) is 5.66 Å². The van der Waals surface area contributed by atoms with Gasteiger partial charge in [-0.2, -0.15) is 4.79 Å². The van der Waals surface area contributed by atoms with E-state index in [1.807, 2.05) is 62.4 Å². The van der Waals surface area contributed by atoms with Gasteiger partial charge in [0.2, 0.25) is 0 Å². The fourth-order valence-electron chi connectivity index (χ4n) is 1.86. The first kappa shape index (κ1) is 11.8. The molecular formula is C15H14OP+. The number of benzene rings is 2. The van der Waals surface area contributed by atoms with Crippen LogP contribution in [0.2, 0.25) is 0 Å². The second-order valence-electron chi connectivity index (χ2n) is 4.00. The molecule has 0 aromatic heterocycles. The van der Waals surface area contributed by atoms with Crippen molar-refractivity contribution in [3.8, 4) is 0 Å². The van der Waals surface area contributed by atoms with Gasteiger partial charge in [-0.05, 0) is 26.0 Å². The standard InChI is InChI=1S/C15H14OP/c1-12-7-3-5-9-14(12)17(11-16)15-10-6-4-8-13(15)2/h3-10H,1-2H3/q+1. The van der Waals surface area contributed by atoms with E-state index in [-0.39, 0.29) is 0 Å². The van der Waals surface area contributed by atoms with Crippen molar-refractivity contribution < 1.29 is 4.79 Å². The van der Waals surface area contributed by atoms with Crippen LogP contribution in [0.15, 0.2) is 48.5 Å². The fourth-order valence-corrected chi connectivity index (χ4v) is 3.64. The summed E-state index contributed by atoms with van der Waals surface area (Å²) in [6, 6.07) is 16.1. The number of hydrogen-bond acceptors (Lipinski definition) is 1. The van der Waals surface area contributed by atoms with Gasteiger partial charge in [-0.25, -0.2) is 0 Å². The van der Waals surface area contributed by atoms with Crippen LogP contribution < -0.4 is 10.6 Å². The first-order valence-electron chi connectivity index (χ1n) is 5.53. The molecule has 0 bridgehead atoms. The van der Waals surface area contributed by atoms with Crippen molar-refractivity contribution >= 4 is 23.8 Å². The van der Waals surface area contributed by atoms with Gasteiger partial charge in [0.15, 0.2) is 10.6 Å². The Labute approximate surface area is 103 Å². The van der Waals surface area contributed by atoms with Crippen LogP contribution in [0.3, 0.4) is 0 Å². The number of rotatable bonds is 2. The summed E-state index contributed by atoms with van der Waals surface area (Å²) in [7, 11) is -0.996. The van der Waals surface area contributed by atoms with E-state index in [1.54, 1.807) is 0 Å². The van der Waals surface area contributed by atoms with Gasteiger partial charge in [0.1, 0.15) is 0 Å². The predicted octanol–water partition coefficient (Wildman–Crippen LogP) is 2.80. The zero-order valence-electron chi connectivity index (χ0n) is 9.97. The predicted molar refractivity (Wildman–Crippen MR) is 74.2 cm³/mol. The monoisotopic (exact) mass is 241 g/mol. The van der Waals surface area contributed by atoms with Gasteiger partial charge in [-0.3, -0.25) is 0 Å². The molecule has 0 heterocycles. The van der Waals surface area contributed by atoms with Crippen LogP contribution in [0, 0.1) is 13.8 Å². The highest BCUT2D eigenvalue weighted by Gasteiger charge is 2.23. The van der Waals surface area contributed by atoms with Gasteiger partial charge in [0.05, 0.1) is 0 Å². The molecule has 2 aromatic rings. The van der Waals surface area contributed by atoms with Crippen molar-refractivity contribution in [1.82, 2.24) is 0 Å². The van der Waals surface area contributed by atoms with E-state index in [0.29, 0.717) is 0 Å². The summed E-state index contributed by atoms with van der Waals surface area (Å²) >= 11 is 0. The molecule has 84 valence electrons. The summed E-state index contributed by atoms with van der Waals surface area (Å²) in [4.78, 5) is 11.3. The average molecular weight is 241 g/mol. The molecule has 0 radical (unpaired) electrons. The minimum absolute atomic E-state index is 0.996. The Morgan fingerprint density at radius 2 is 1.24 bits per heavy atom. The molecule has 0 saturated carbocycles. The van der Waals surface area contributed by atoms with E-state index < -0.39 is 7.55 Å². The second kappa shape index (κ2) is 5.10. The normalized spacial score (nSPS) is 9.76. The quantitative estimate of drug-likeness (QED) is 0.739. The minimum Gasteiger partial charge on any atom is -0.183 e. The highest BCUT2D eigenvalue weighted by molar-refractivity contribution is 7.71. The third kappa shape index (κ3) is 2.36. The molecule has 0 unspecified atom stereocenters. The van der Waals surface area contributed by atoms with Crippen LogP contribution in [0.25, 0.3) is 0 Å². The Kier molecular flexibility index (Phi) is 3.54. The summed E-state index contributed by atoms with van der Waals surface area (Å²) in [6.07, 6.45) is 0. The van der Waals surface area contributed by atoms with Gasteiger partial charge >= 0.3 is 5.66 Å². The summed E-state index contributed by atoms with van der Waals surface area (Å²) < 4.78 is 0. The Bertz CT molecular complexity index is 548. The Morgan fingerprint density at radius 1 is 0.824 bits per heavy atom. The van der Waals surface area contributed by atoms with Crippen molar-refractivity contribution in [1.29, 1.82) is 0 Å². The molecule has 2 rings (SSSR count). The highest BCUT2D eigenvalue weighted by atomic mass is 31.1. The number of carbonyl (C=O) groups excluding carboxylic acids is 1. The van der Waals surface area contributed by atoms with Gasteiger partial charge in [0.25, 0.3) is 7.55 Å². The van der Waals surface area contributed by atoms with Crippen LogP contribution in [0.1, 0.15) is 11.1 Å². The van der Waals surface area contributed by atoms with E-state index in [1.165, 1.54) is 0 Å². The van der Waals surface area contributed by atoms with Crippen LogP contribution in [-0.4, -0.2) is 5.66 Å². The average Bonchev–Trinajstić information content (AvgIpc) is 2.34. The molecule has 0 amide bonds. The van der Waals surface area contributed by atoms with Crippen molar-refractivity contribution in [3.63, 3.8) is 0 Å². The minimum atomic E-state index is -0.996. The molecule has 17 heavy (non-hydrogen) atoms. The van der Waals surface area contributed by atoms with Gasteiger partial charge in [-0.15, -0.1) is 0 Å². The smallest absolute Gasteiger partial charge is 0.183 e. The maximum atomic E-state index is 11.3. The van der Waals surface area contributed by atoms with E-state index >= 15 is 0 Å². The van der Waals surface area contributed by atoms with Gasteiger partial charge in [0, 0.05) is 11.1 Å². The van der Waals surface area contributed by atoms with Crippen molar-refractivity contribution in [2.75, 3.05) is 0 Å². The van der Waals surface area contributed by atoms with Gasteiger partial charge in [-0.1, -0.05) is 36.4 Å². The maximum Gasteiger partial charge on any atom is 0.343 e. The molecule has 0 spiro atoms. The van der Waals surface area contributed by atoms with Crippen LogP contribution in [0.4, 0.5) is 0 Å². The van der Waals surface area contributed by atoms with Crippen molar-refractivity contribution in [3.05, 3.63) is 59.7 Å². The summed E-state index contributed by atoms with van der Waals surface area (Å²) in [5, 5.41) is 2.21.